The van der Waals surface area contributed by atoms with Crippen LogP contribution in [0.15, 0.2) is 53.0 Å². The molecule has 1 unspecified atom stereocenters. The first-order chi connectivity index (χ1) is 11.5. The fourth-order valence-electron chi connectivity index (χ4n) is 2.88. The van der Waals surface area contributed by atoms with Crippen molar-refractivity contribution < 1.29 is 14.3 Å². The Morgan fingerprint density at radius 3 is 2.54 bits per heavy atom. The molecule has 2 N–H and O–H groups in total. The second-order valence-corrected chi connectivity index (χ2v) is 6.86. The van der Waals surface area contributed by atoms with E-state index in [1.54, 1.807) is 14.2 Å². The predicted octanol–water partition coefficient (Wildman–Crippen LogP) is 3.65. The highest BCUT2D eigenvalue weighted by Gasteiger charge is 2.41. The number of carbonyl (C=O) groups is 1. The molecule has 1 atom stereocenters. The van der Waals surface area contributed by atoms with Gasteiger partial charge in [0.2, 0.25) is 0 Å². The number of nitrogens with zero attached hydrogens (tertiary/aromatic N) is 1. The highest BCUT2D eigenvalue weighted by Crippen LogP contribution is 2.41. The molecule has 1 aliphatic carbocycles. The zero-order valence-corrected chi connectivity index (χ0v) is 16.2. The van der Waals surface area contributed by atoms with Gasteiger partial charge in [-0.2, -0.15) is 5.10 Å². The number of methoxy groups -OCH3 is 2. The Kier molecular flexibility index (Phi) is 6.04. The normalized spacial score (nSPS) is 20.9. The number of benzene rings is 1. The molecular formula is C18H21IN2O3. The van der Waals surface area contributed by atoms with Crippen molar-refractivity contribution in [2.75, 3.05) is 14.2 Å². The van der Waals surface area contributed by atoms with Gasteiger partial charge in [0.1, 0.15) is 0 Å². The lowest BCUT2D eigenvalue weighted by molar-refractivity contribution is 0.0843. The molecule has 0 heterocycles. The number of nitrogens with two attached hydrogens (primary N) is 1. The summed E-state index contributed by atoms with van der Waals surface area (Å²) in [7, 11) is 3.15. The molecule has 24 heavy (non-hydrogen) atoms. The van der Waals surface area contributed by atoms with Gasteiger partial charge in [-0.3, -0.25) is 4.79 Å². The summed E-state index contributed by atoms with van der Waals surface area (Å²) in [5, 5.41) is 3.76. The minimum absolute atomic E-state index is 0.0245. The fraction of sp³-hybridized carbons (Fsp3) is 0.333. The van der Waals surface area contributed by atoms with Gasteiger partial charge < -0.3 is 15.3 Å². The van der Waals surface area contributed by atoms with E-state index in [0.29, 0.717) is 35.6 Å². The van der Waals surface area contributed by atoms with Crippen molar-refractivity contribution >= 4 is 34.1 Å². The molecule has 5 nitrogen and oxygen atoms in total. The van der Waals surface area contributed by atoms with Gasteiger partial charge in [-0.1, -0.05) is 18.2 Å². The summed E-state index contributed by atoms with van der Waals surface area (Å²) in [5.41, 5.74) is 0.598. The number of allylic oxidation sites excluding steroid dienone is 2. The van der Waals surface area contributed by atoms with Gasteiger partial charge in [-0.15, -0.1) is 0 Å². The molecule has 0 saturated carbocycles. The van der Waals surface area contributed by atoms with Crippen LogP contribution in [0.1, 0.15) is 30.1 Å². The van der Waals surface area contributed by atoms with Gasteiger partial charge in [-0.25, -0.2) is 0 Å². The highest BCUT2D eigenvalue weighted by atomic mass is 127. The third-order valence-corrected chi connectivity index (χ3v) is 5.04. The first-order valence-corrected chi connectivity index (χ1v) is 8.59. The van der Waals surface area contributed by atoms with Crippen LogP contribution in [-0.4, -0.2) is 25.7 Å². The summed E-state index contributed by atoms with van der Waals surface area (Å²) in [6.07, 6.45) is 4.65. The van der Waals surface area contributed by atoms with Gasteiger partial charge in [0.25, 0.3) is 0 Å². The van der Waals surface area contributed by atoms with Gasteiger partial charge >= 0.3 is 0 Å². The van der Waals surface area contributed by atoms with E-state index in [1.165, 1.54) is 0 Å². The second-order valence-electron chi connectivity index (χ2n) is 5.70. The van der Waals surface area contributed by atoms with Crippen molar-refractivity contribution in [1.82, 2.24) is 0 Å². The lowest BCUT2D eigenvalue weighted by atomic mass is 9.71. The quantitative estimate of drug-likeness (QED) is 0.241. The summed E-state index contributed by atoms with van der Waals surface area (Å²) in [4.78, 5) is 13.4. The maximum atomic E-state index is 13.4. The first kappa shape index (κ1) is 18.5. The van der Waals surface area contributed by atoms with Gasteiger partial charge in [0.05, 0.1) is 19.6 Å². The van der Waals surface area contributed by atoms with Crippen molar-refractivity contribution in [1.29, 1.82) is 0 Å². The first-order valence-electron chi connectivity index (χ1n) is 7.51. The maximum absolute atomic E-state index is 13.4. The molecule has 1 aromatic carbocycles. The average Bonchev–Trinajstić information content (AvgIpc) is 2.61. The Labute approximate surface area is 155 Å². The number of Topliss-reactive ketones (excluding diaryl/α,β-unsaturated/α-hetero) is 1. The molecule has 0 radical (unpaired) electrons. The molecule has 1 aromatic rings. The van der Waals surface area contributed by atoms with E-state index in [0.717, 1.165) is 3.57 Å². The fourth-order valence-corrected chi connectivity index (χ4v) is 3.51. The van der Waals surface area contributed by atoms with Crippen LogP contribution in [0.25, 0.3) is 0 Å². The van der Waals surface area contributed by atoms with Crippen molar-refractivity contribution in [2.24, 2.45) is 16.4 Å². The number of carbonyl (C=O) groups excluding carboxylic acids is 1. The third-order valence-electron chi connectivity index (χ3n) is 4.10. The number of ether oxygens (including phenoxy) is 2. The van der Waals surface area contributed by atoms with Crippen LogP contribution in [-0.2, 0) is 9.47 Å². The van der Waals surface area contributed by atoms with Crippen LogP contribution in [0.3, 0.4) is 0 Å². The molecule has 0 aliphatic heterocycles. The number of halogens is 1. The molecule has 0 spiro atoms. The van der Waals surface area contributed by atoms with Gasteiger partial charge in [0, 0.05) is 21.3 Å². The summed E-state index contributed by atoms with van der Waals surface area (Å²) in [5.74, 6) is 6.62. The molecule has 0 saturated heterocycles. The zero-order valence-electron chi connectivity index (χ0n) is 14.0. The summed E-state index contributed by atoms with van der Waals surface area (Å²) in [6.45, 7) is 1.82. The zero-order chi connectivity index (χ0) is 17.7. The summed E-state index contributed by atoms with van der Waals surface area (Å²) < 4.78 is 11.7. The second kappa shape index (κ2) is 7.83. The monoisotopic (exact) mass is 440 g/mol. The van der Waals surface area contributed by atoms with Crippen LogP contribution in [0.4, 0.5) is 0 Å². The predicted molar refractivity (Wildman–Crippen MR) is 103 cm³/mol. The molecule has 0 aromatic heterocycles. The standard InChI is InChI=1S/C18H21IN2O3/c1-12(21-20)10-18(9-8-15(23-2)16(11-18)24-3)17(22)13-6-4-5-7-14(13)19/h4-8,11H,9-10,20H2,1-3H3. The average molecular weight is 440 g/mol. The SMILES string of the molecule is COC1=CCC(CC(C)=NN)(C(=O)c2ccccc2I)C=C1OC. The molecule has 6 heteroatoms. The number of rotatable bonds is 6. The molecular weight excluding hydrogens is 419 g/mol. The number of ketones is 1. The van der Waals surface area contributed by atoms with Crippen LogP contribution >= 0.6 is 22.6 Å². The van der Waals surface area contributed by atoms with E-state index >= 15 is 0 Å². The van der Waals surface area contributed by atoms with E-state index in [1.807, 2.05) is 43.3 Å². The maximum Gasteiger partial charge on any atom is 0.174 e. The van der Waals surface area contributed by atoms with Crippen molar-refractivity contribution in [2.45, 2.75) is 19.8 Å². The van der Waals surface area contributed by atoms with E-state index in [9.17, 15) is 4.79 Å². The Morgan fingerprint density at radius 1 is 1.29 bits per heavy atom. The Morgan fingerprint density at radius 2 is 1.96 bits per heavy atom. The van der Waals surface area contributed by atoms with Crippen LogP contribution in [0.2, 0.25) is 0 Å². The summed E-state index contributed by atoms with van der Waals surface area (Å²) >= 11 is 2.18. The lowest BCUT2D eigenvalue weighted by Crippen LogP contribution is -2.34. The third kappa shape index (κ3) is 3.63. The van der Waals surface area contributed by atoms with Crippen molar-refractivity contribution in [3.05, 3.63) is 57.1 Å². The lowest BCUT2D eigenvalue weighted by Gasteiger charge is -2.32. The minimum Gasteiger partial charge on any atom is -0.493 e. The van der Waals surface area contributed by atoms with Crippen LogP contribution < -0.4 is 5.84 Å². The molecule has 2 rings (SSSR count). The molecule has 1 aliphatic rings. The smallest absolute Gasteiger partial charge is 0.174 e. The van der Waals surface area contributed by atoms with Crippen molar-refractivity contribution in [3.8, 4) is 0 Å². The highest BCUT2D eigenvalue weighted by molar-refractivity contribution is 14.1. The van der Waals surface area contributed by atoms with Crippen LogP contribution in [0.5, 0.6) is 0 Å². The van der Waals surface area contributed by atoms with Crippen LogP contribution in [0, 0.1) is 8.99 Å². The topological polar surface area (TPSA) is 73.9 Å². The van der Waals surface area contributed by atoms with Crippen molar-refractivity contribution in [3.63, 3.8) is 0 Å². The molecule has 0 bridgehead atoms. The van der Waals surface area contributed by atoms with Gasteiger partial charge in [0.15, 0.2) is 17.3 Å². The molecule has 128 valence electrons. The Balaban J connectivity index is 2.54. The number of hydrogen-bond donors (Lipinski definition) is 1. The minimum atomic E-state index is -0.790. The Bertz CT molecular complexity index is 725. The van der Waals surface area contributed by atoms with Gasteiger partial charge in [-0.05, 0) is 54.2 Å². The van der Waals surface area contributed by atoms with E-state index < -0.39 is 5.41 Å². The number of hydrazone groups is 1. The molecule has 0 amide bonds. The molecule has 0 fully saturated rings. The Hall–Kier alpha value is -1.83. The van der Waals surface area contributed by atoms with E-state index in [4.69, 9.17) is 15.3 Å². The number of hydrogen-bond acceptors (Lipinski definition) is 5. The summed E-state index contributed by atoms with van der Waals surface area (Å²) in [6, 6.07) is 7.55. The largest absolute Gasteiger partial charge is 0.493 e. The van der Waals surface area contributed by atoms with E-state index in [-0.39, 0.29) is 5.78 Å². The van der Waals surface area contributed by atoms with E-state index in [2.05, 4.69) is 27.7 Å².